The fourth-order valence-corrected chi connectivity index (χ4v) is 2.80. The number of nitrogens with two attached hydrogens (primary N) is 1. The molecule has 0 fully saturated rings. The smallest absolute Gasteiger partial charge is 0.250 e. The normalized spacial score (nSPS) is 12.7. The van der Waals surface area contributed by atoms with Gasteiger partial charge >= 0.3 is 0 Å². The Labute approximate surface area is 117 Å². The molecule has 1 rings (SSSR count). The summed E-state index contributed by atoms with van der Waals surface area (Å²) in [5.74, 6) is 0.326. The van der Waals surface area contributed by atoms with Gasteiger partial charge in [0.25, 0.3) is 8.32 Å². The van der Waals surface area contributed by atoms with E-state index in [0.717, 1.165) is 11.1 Å². The maximum Gasteiger partial charge on any atom is 0.250 e. The number of benzene rings is 1. The molecule has 0 atom stereocenters. The summed E-state index contributed by atoms with van der Waals surface area (Å²) in [5.41, 5.74) is 8.26. The van der Waals surface area contributed by atoms with Gasteiger partial charge in [-0.1, -0.05) is 20.8 Å². The first-order chi connectivity index (χ1) is 8.40. The topological polar surface area (TPSA) is 35.2 Å². The molecule has 0 heterocycles. The van der Waals surface area contributed by atoms with Crippen molar-refractivity contribution < 1.29 is 8.82 Å². The lowest BCUT2D eigenvalue weighted by molar-refractivity contribution is 0.479. The van der Waals surface area contributed by atoms with Crippen molar-refractivity contribution in [2.45, 2.75) is 59.7 Å². The second kappa shape index (κ2) is 4.82. The van der Waals surface area contributed by atoms with E-state index in [1.165, 1.54) is 0 Å². The molecule has 0 saturated heterocycles. The van der Waals surface area contributed by atoms with Crippen LogP contribution in [-0.2, 0) is 0 Å². The average Bonchev–Trinajstić information content (AvgIpc) is 2.28. The van der Waals surface area contributed by atoms with Gasteiger partial charge in [0.2, 0.25) is 0 Å². The number of rotatable bonds is 2. The second-order valence-corrected chi connectivity index (χ2v) is 11.5. The zero-order valence-electron chi connectivity index (χ0n) is 13.4. The van der Waals surface area contributed by atoms with Crippen LogP contribution >= 0.6 is 0 Å². The predicted octanol–water partition coefficient (Wildman–Crippen LogP) is 4.72. The zero-order chi connectivity index (χ0) is 15.2. The minimum Gasteiger partial charge on any atom is -0.543 e. The molecule has 108 valence electrons. The van der Waals surface area contributed by atoms with Gasteiger partial charge in [-0.15, -0.1) is 0 Å². The summed E-state index contributed by atoms with van der Waals surface area (Å²) in [5, 5.41) is 0.0810. The van der Waals surface area contributed by atoms with Crippen molar-refractivity contribution in [1.82, 2.24) is 0 Å². The molecule has 2 N–H and O–H groups in total. The molecule has 1 aromatic rings. The standard InChI is InChI=1S/C15H26FNOSi/c1-9-10(2)14(11(3)12(16)13(9)17)18-19(7,8)15(4,5)6/h17H2,1-8H3. The van der Waals surface area contributed by atoms with Crippen LogP contribution in [0.25, 0.3) is 0 Å². The summed E-state index contributed by atoms with van der Waals surface area (Å²) in [7, 11) is -1.98. The summed E-state index contributed by atoms with van der Waals surface area (Å²) in [6.45, 7) is 16.4. The van der Waals surface area contributed by atoms with Gasteiger partial charge in [-0.25, -0.2) is 4.39 Å². The van der Waals surface area contributed by atoms with Gasteiger partial charge in [0.15, 0.2) is 5.82 Å². The van der Waals surface area contributed by atoms with Crippen molar-refractivity contribution >= 4 is 14.0 Å². The number of nitrogen functional groups attached to an aromatic ring is 1. The summed E-state index contributed by atoms with van der Waals surface area (Å²) in [4.78, 5) is 0. The number of hydrogen-bond donors (Lipinski definition) is 1. The van der Waals surface area contributed by atoms with Crippen molar-refractivity contribution in [3.8, 4) is 5.75 Å². The second-order valence-electron chi connectivity index (χ2n) is 6.79. The van der Waals surface area contributed by atoms with Gasteiger partial charge in [-0.2, -0.15) is 0 Å². The third-order valence-corrected chi connectivity index (χ3v) is 8.70. The van der Waals surface area contributed by atoms with Crippen molar-refractivity contribution in [2.24, 2.45) is 0 Å². The van der Waals surface area contributed by atoms with Crippen LogP contribution in [0.3, 0.4) is 0 Å². The van der Waals surface area contributed by atoms with Crippen LogP contribution < -0.4 is 10.2 Å². The van der Waals surface area contributed by atoms with Crippen molar-refractivity contribution in [3.05, 3.63) is 22.5 Å². The van der Waals surface area contributed by atoms with Gasteiger partial charge in [0, 0.05) is 5.56 Å². The Hall–Kier alpha value is -1.03. The molecule has 0 aliphatic carbocycles. The molecule has 19 heavy (non-hydrogen) atoms. The molecule has 2 nitrogen and oxygen atoms in total. The maximum atomic E-state index is 14.1. The highest BCUT2D eigenvalue weighted by molar-refractivity contribution is 6.74. The number of anilines is 1. The van der Waals surface area contributed by atoms with Gasteiger partial charge in [-0.3, -0.25) is 0 Å². The third kappa shape index (κ3) is 2.78. The molecular weight excluding hydrogens is 257 g/mol. The Kier molecular flexibility index (Phi) is 4.06. The first kappa shape index (κ1) is 16.0. The lowest BCUT2D eigenvalue weighted by Gasteiger charge is -2.37. The Morgan fingerprint density at radius 3 is 1.89 bits per heavy atom. The molecule has 0 bridgehead atoms. The maximum absolute atomic E-state index is 14.1. The third-order valence-electron chi connectivity index (χ3n) is 4.38. The molecule has 0 spiro atoms. The summed E-state index contributed by atoms with van der Waals surface area (Å²) in [6.07, 6.45) is 0. The van der Waals surface area contributed by atoms with Crippen molar-refractivity contribution in [3.63, 3.8) is 0 Å². The molecule has 0 aromatic heterocycles. The first-order valence-electron chi connectivity index (χ1n) is 6.64. The first-order valence-corrected chi connectivity index (χ1v) is 9.54. The van der Waals surface area contributed by atoms with E-state index in [1.807, 2.05) is 13.8 Å². The lowest BCUT2D eigenvalue weighted by Crippen LogP contribution is -2.44. The van der Waals surface area contributed by atoms with E-state index in [2.05, 4.69) is 33.9 Å². The van der Waals surface area contributed by atoms with E-state index >= 15 is 0 Å². The van der Waals surface area contributed by atoms with E-state index in [0.29, 0.717) is 11.3 Å². The SMILES string of the molecule is Cc1c(C)c(O[Si](C)(C)C(C)(C)C)c(C)c(F)c1N. The lowest BCUT2D eigenvalue weighted by atomic mass is 10.0. The van der Waals surface area contributed by atoms with Gasteiger partial charge in [0.05, 0.1) is 5.69 Å². The van der Waals surface area contributed by atoms with Gasteiger partial charge in [-0.05, 0) is 50.0 Å². The average molecular weight is 283 g/mol. The molecule has 0 radical (unpaired) electrons. The number of halogens is 1. The fourth-order valence-electron chi connectivity index (χ4n) is 1.68. The Bertz CT molecular complexity index is 475. The van der Waals surface area contributed by atoms with Crippen LogP contribution in [0.4, 0.5) is 10.1 Å². The van der Waals surface area contributed by atoms with E-state index in [9.17, 15) is 4.39 Å². The van der Waals surface area contributed by atoms with Crippen molar-refractivity contribution in [2.75, 3.05) is 5.73 Å². The highest BCUT2D eigenvalue weighted by Gasteiger charge is 2.40. The van der Waals surface area contributed by atoms with Crippen LogP contribution in [-0.4, -0.2) is 8.32 Å². The van der Waals surface area contributed by atoms with Crippen LogP contribution in [0.1, 0.15) is 37.5 Å². The summed E-state index contributed by atoms with van der Waals surface area (Å²) < 4.78 is 20.4. The predicted molar refractivity (Wildman–Crippen MR) is 82.8 cm³/mol. The minimum absolute atomic E-state index is 0.0810. The minimum atomic E-state index is -1.98. The van der Waals surface area contributed by atoms with Gasteiger partial charge < -0.3 is 10.2 Å². The largest absolute Gasteiger partial charge is 0.543 e. The molecule has 0 unspecified atom stereocenters. The highest BCUT2D eigenvalue weighted by atomic mass is 28.4. The van der Waals surface area contributed by atoms with Crippen molar-refractivity contribution in [1.29, 1.82) is 0 Å². The Balaban J connectivity index is 3.39. The quantitative estimate of drug-likeness (QED) is 0.630. The molecular formula is C15H26FNOSi. The molecule has 4 heteroatoms. The molecule has 0 aliphatic heterocycles. The van der Waals surface area contributed by atoms with Gasteiger partial charge in [0.1, 0.15) is 5.75 Å². The van der Waals surface area contributed by atoms with Crippen LogP contribution in [0.2, 0.25) is 18.1 Å². The van der Waals surface area contributed by atoms with E-state index in [1.54, 1.807) is 6.92 Å². The molecule has 0 saturated carbocycles. The highest BCUT2D eigenvalue weighted by Crippen LogP contribution is 2.41. The molecule has 0 amide bonds. The Morgan fingerprint density at radius 1 is 1.00 bits per heavy atom. The van der Waals surface area contributed by atoms with E-state index in [4.69, 9.17) is 10.2 Å². The van der Waals surface area contributed by atoms with E-state index < -0.39 is 8.32 Å². The molecule has 1 aromatic carbocycles. The van der Waals surface area contributed by atoms with Crippen LogP contribution in [0, 0.1) is 26.6 Å². The number of hydrogen-bond acceptors (Lipinski definition) is 2. The fraction of sp³-hybridized carbons (Fsp3) is 0.600. The monoisotopic (exact) mass is 283 g/mol. The summed E-state index contributed by atoms with van der Waals surface area (Å²) in [6, 6.07) is 0. The molecule has 0 aliphatic rings. The zero-order valence-corrected chi connectivity index (χ0v) is 14.4. The Morgan fingerprint density at radius 2 is 1.47 bits per heavy atom. The van der Waals surface area contributed by atoms with E-state index in [-0.39, 0.29) is 16.5 Å². The summed E-state index contributed by atoms with van der Waals surface area (Å²) >= 11 is 0. The van der Waals surface area contributed by atoms with Crippen LogP contribution in [0.15, 0.2) is 0 Å². The van der Waals surface area contributed by atoms with Crippen LogP contribution in [0.5, 0.6) is 5.75 Å².